The summed E-state index contributed by atoms with van der Waals surface area (Å²) in [6.45, 7) is 3.88. The molecule has 1 aliphatic heterocycles. The fraction of sp³-hybridized carbons (Fsp3) is 0.450. The maximum absolute atomic E-state index is 12.4. The first-order chi connectivity index (χ1) is 12.6. The summed E-state index contributed by atoms with van der Waals surface area (Å²) in [4.78, 5) is 30.5. The Balaban J connectivity index is 1.59. The molecule has 1 aromatic heterocycles. The molecule has 0 radical (unpaired) electrons. The second-order valence-corrected chi connectivity index (χ2v) is 6.75. The van der Waals surface area contributed by atoms with E-state index in [2.05, 4.69) is 10.3 Å². The van der Waals surface area contributed by atoms with Crippen molar-refractivity contribution in [2.24, 2.45) is 0 Å². The molecule has 138 valence electrons. The number of benzene rings is 1. The van der Waals surface area contributed by atoms with Crippen LogP contribution in [-0.2, 0) is 16.1 Å². The Hall–Kier alpha value is -2.63. The lowest BCUT2D eigenvalue weighted by molar-refractivity contribution is -0.131. The van der Waals surface area contributed by atoms with Crippen LogP contribution in [0, 0.1) is 6.92 Å². The van der Waals surface area contributed by atoms with Crippen LogP contribution in [0.4, 0.5) is 5.69 Å². The number of imidazole rings is 1. The van der Waals surface area contributed by atoms with Crippen molar-refractivity contribution in [3.05, 3.63) is 48.0 Å². The van der Waals surface area contributed by atoms with E-state index in [0.29, 0.717) is 25.9 Å². The summed E-state index contributed by atoms with van der Waals surface area (Å²) in [5, 5.41) is 3.00. The Morgan fingerprint density at radius 2 is 2.08 bits per heavy atom. The Kier molecular flexibility index (Phi) is 6.04. The molecule has 2 amide bonds. The van der Waals surface area contributed by atoms with Crippen LogP contribution in [0.5, 0.6) is 0 Å². The zero-order chi connectivity index (χ0) is 18.4. The van der Waals surface area contributed by atoms with Gasteiger partial charge in [-0.25, -0.2) is 4.98 Å². The number of nitrogens with zero attached hydrogens (tertiary/aromatic N) is 3. The van der Waals surface area contributed by atoms with Gasteiger partial charge < -0.3 is 14.8 Å². The highest BCUT2D eigenvalue weighted by Crippen LogP contribution is 2.18. The number of carbonyl (C=O) groups excluding carboxylic acids is 2. The minimum Gasteiger partial charge on any atom is -0.342 e. The number of carbonyl (C=O) groups is 2. The Labute approximate surface area is 154 Å². The second kappa shape index (κ2) is 8.65. The number of amides is 2. The summed E-state index contributed by atoms with van der Waals surface area (Å²) in [5.74, 6) is 1.05. The summed E-state index contributed by atoms with van der Waals surface area (Å²) in [5.41, 5.74) is 1.85. The van der Waals surface area contributed by atoms with Gasteiger partial charge in [0.15, 0.2) is 0 Å². The van der Waals surface area contributed by atoms with Crippen LogP contribution < -0.4 is 5.32 Å². The lowest BCUT2D eigenvalue weighted by Crippen LogP contribution is -2.33. The van der Waals surface area contributed by atoms with Gasteiger partial charge in [-0.15, -0.1) is 0 Å². The van der Waals surface area contributed by atoms with Gasteiger partial charge in [0.1, 0.15) is 5.82 Å². The number of hydrogen-bond acceptors (Lipinski definition) is 3. The molecule has 1 saturated heterocycles. The quantitative estimate of drug-likeness (QED) is 0.867. The van der Waals surface area contributed by atoms with Gasteiger partial charge >= 0.3 is 0 Å². The molecule has 26 heavy (non-hydrogen) atoms. The molecule has 2 heterocycles. The van der Waals surface area contributed by atoms with Gasteiger partial charge in [0, 0.05) is 44.0 Å². The molecule has 1 N–H and O–H groups in total. The Morgan fingerprint density at radius 3 is 2.88 bits per heavy atom. The van der Waals surface area contributed by atoms with Crippen LogP contribution in [0.3, 0.4) is 0 Å². The molecular weight excluding hydrogens is 328 g/mol. The third-order valence-electron chi connectivity index (χ3n) is 4.84. The Bertz CT molecular complexity index is 769. The lowest BCUT2D eigenvalue weighted by Gasteiger charge is -2.20. The van der Waals surface area contributed by atoms with Gasteiger partial charge in [-0.2, -0.15) is 0 Å². The average molecular weight is 354 g/mol. The monoisotopic (exact) mass is 354 g/mol. The van der Waals surface area contributed by atoms with Gasteiger partial charge in [0.2, 0.25) is 11.8 Å². The fourth-order valence-electron chi connectivity index (χ4n) is 3.26. The van der Waals surface area contributed by atoms with Gasteiger partial charge in [-0.1, -0.05) is 24.6 Å². The molecule has 6 heteroatoms. The topological polar surface area (TPSA) is 67.2 Å². The van der Waals surface area contributed by atoms with Crippen LogP contribution in [0.25, 0.3) is 0 Å². The van der Waals surface area contributed by atoms with E-state index in [9.17, 15) is 9.59 Å². The van der Waals surface area contributed by atoms with E-state index in [1.807, 2.05) is 46.9 Å². The number of nitrogens with one attached hydrogen (secondary N) is 1. The molecule has 1 aliphatic rings. The Morgan fingerprint density at radius 1 is 1.23 bits per heavy atom. The molecule has 0 bridgehead atoms. The normalized spacial score (nSPS) is 15.0. The first-order valence-electron chi connectivity index (χ1n) is 9.27. The number of hydrogen-bond donors (Lipinski definition) is 1. The van der Waals surface area contributed by atoms with Crippen molar-refractivity contribution in [1.82, 2.24) is 14.5 Å². The number of para-hydroxylation sites is 1. The molecule has 0 unspecified atom stereocenters. The average Bonchev–Trinajstić information content (AvgIpc) is 2.91. The lowest BCUT2D eigenvalue weighted by atomic mass is 10.1. The largest absolute Gasteiger partial charge is 0.342 e. The summed E-state index contributed by atoms with van der Waals surface area (Å²) in [7, 11) is 0. The predicted octanol–water partition coefficient (Wildman–Crippen LogP) is 2.97. The van der Waals surface area contributed by atoms with Crippen molar-refractivity contribution in [3.8, 4) is 0 Å². The highest BCUT2D eigenvalue weighted by Gasteiger charge is 2.17. The van der Waals surface area contributed by atoms with E-state index in [1.54, 1.807) is 6.20 Å². The van der Waals surface area contributed by atoms with Crippen LogP contribution in [0.1, 0.15) is 43.5 Å². The molecule has 0 aliphatic carbocycles. The number of aromatic nitrogens is 2. The van der Waals surface area contributed by atoms with Crippen molar-refractivity contribution in [2.45, 2.75) is 45.6 Å². The summed E-state index contributed by atoms with van der Waals surface area (Å²) < 4.78 is 2.04. The van der Waals surface area contributed by atoms with E-state index in [0.717, 1.165) is 42.9 Å². The van der Waals surface area contributed by atoms with E-state index in [4.69, 9.17) is 0 Å². The van der Waals surface area contributed by atoms with Crippen molar-refractivity contribution >= 4 is 17.5 Å². The third-order valence-corrected chi connectivity index (χ3v) is 4.84. The first kappa shape index (κ1) is 18.2. The fourth-order valence-corrected chi connectivity index (χ4v) is 3.26. The number of rotatable bonds is 6. The summed E-state index contributed by atoms with van der Waals surface area (Å²) in [6, 6.07) is 7.80. The predicted molar refractivity (Wildman–Crippen MR) is 101 cm³/mol. The summed E-state index contributed by atoms with van der Waals surface area (Å²) >= 11 is 0. The number of likely N-dealkylation sites (tertiary alicyclic amines) is 1. The minimum atomic E-state index is -0.0585. The molecular formula is C20H26N4O2. The van der Waals surface area contributed by atoms with Crippen LogP contribution in [0.15, 0.2) is 36.7 Å². The molecule has 1 fully saturated rings. The minimum absolute atomic E-state index is 0.0585. The smallest absolute Gasteiger partial charge is 0.226 e. The molecule has 1 aromatic carbocycles. The SMILES string of the molecule is Cc1nccn1Cc1ccccc1NC(=O)CCN1CCCCCC1=O. The highest BCUT2D eigenvalue weighted by atomic mass is 16.2. The van der Waals surface area contributed by atoms with Crippen molar-refractivity contribution in [3.63, 3.8) is 0 Å². The zero-order valence-corrected chi connectivity index (χ0v) is 15.3. The van der Waals surface area contributed by atoms with Crippen LogP contribution in [0.2, 0.25) is 0 Å². The van der Waals surface area contributed by atoms with Gasteiger partial charge in [-0.05, 0) is 31.4 Å². The van der Waals surface area contributed by atoms with Crippen LogP contribution in [-0.4, -0.2) is 39.4 Å². The number of anilines is 1. The van der Waals surface area contributed by atoms with E-state index < -0.39 is 0 Å². The standard InChI is InChI=1S/C20H26N4O2/c1-16-21-11-14-24(16)15-17-7-4-5-8-18(17)22-19(25)10-13-23-12-6-2-3-9-20(23)26/h4-5,7-8,11,14H,2-3,6,9-10,12-13,15H2,1H3,(H,22,25). The maximum Gasteiger partial charge on any atom is 0.226 e. The second-order valence-electron chi connectivity index (χ2n) is 6.75. The van der Waals surface area contributed by atoms with Crippen molar-refractivity contribution in [2.75, 3.05) is 18.4 Å². The van der Waals surface area contributed by atoms with Gasteiger partial charge in [-0.3, -0.25) is 9.59 Å². The molecule has 0 atom stereocenters. The zero-order valence-electron chi connectivity index (χ0n) is 15.3. The third kappa shape index (κ3) is 4.71. The van der Waals surface area contributed by atoms with Crippen molar-refractivity contribution < 1.29 is 9.59 Å². The van der Waals surface area contributed by atoms with E-state index in [1.165, 1.54) is 0 Å². The molecule has 2 aromatic rings. The van der Waals surface area contributed by atoms with E-state index in [-0.39, 0.29) is 11.8 Å². The molecule has 0 spiro atoms. The van der Waals surface area contributed by atoms with Gasteiger partial charge in [0.05, 0.1) is 6.54 Å². The van der Waals surface area contributed by atoms with Crippen molar-refractivity contribution in [1.29, 1.82) is 0 Å². The highest BCUT2D eigenvalue weighted by molar-refractivity contribution is 5.92. The number of aryl methyl sites for hydroxylation is 1. The first-order valence-corrected chi connectivity index (χ1v) is 9.27. The molecule has 0 saturated carbocycles. The van der Waals surface area contributed by atoms with Crippen LogP contribution >= 0.6 is 0 Å². The molecule has 6 nitrogen and oxygen atoms in total. The summed E-state index contributed by atoms with van der Waals surface area (Å²) in [6.07, 6.45) is 7.71. The molecule has 3 rings (SSSR count). The maximum atomic E-state index is 12.4. The van der Waals surface area contributed by atoms with E-state index >= 15 is 0 Å². The van der Waals surface area contributed by atoms with Gasteiger partial charge in [0.25, 0.3) is 0 Å².